The molecule has 1 aromatic rings. The zero-order valence-corrected chi connectivity index (χ0v) is 23.0. The van der Waals surface area contributed by atoms with E-state index in [-0.39, 0.29) is 67.7 Å². The Balaban J connectivity index is 2.14. The van der Waals surface area contributed by atoms with Crippen molar-refractivity contribution in [2.45, 2.75) is 66.9 Å². The maximum absolute atomic E-state index is 13.5. The second-order valence-corrected chi connectivity index (χ2v) is 10.5. The van der Waals surface area contributed by atoms with E-state index in [0.717, 1.165) is 30.7 Å². The molecule has 9 heteroatoms. The molecule has 0 spiro atoms. The average Bonchev–Trinajstić information content (AvgIpc) is 2.82. The van der Waals surface area contributed by atoms with Gasteiger partial charge in [-0.15, -0.1) is 0 Å². The van der Waals surface area contributed by atoms with Crippen LogP contribution in [0.15, 0.2) is 35.6 Å². The molecule has 0 saturated heterocycles. The van der Waals surface area contributed by atoms with E-state index in [1.165, 1.54) is 19.8 Å². The Bertz CT molecular complexity index is 898. The van der Waals surface area contributed by atoms with Crippen LogP contribution in [-0.2, 0) is 43.1 Å². The number of allylic oxidation sites excluding steroid dienone is 4. The van der Waals surface area contributed by atoms with E-state index in [2.05, 4.69) is 40.7 Å². The van der Waals surface area contributed by atoms with Gasteiger partial charge in [-0.2, -0.15) is 13.2 Å². The number of halogens is 3. The fraction of sp³-hybridized carbons (Fsp3) is 0.643. The van der Waals surface area contributed by atoms with Crippen LogP contribution < -0.4 is 4.74 Å². The van der Waals surface area contributed by atoms with Crippen LogP contribution in [0.5, 0.6) is 5.75 Å². The summed E-state index contributed by atoms with van der Waals surface area (Å²) in [7, 11) is 2.88. The first-order valence-electron chi connectivity index (χ1n) is 12.3. The van der Waals surface area contributed by atoms with Gasteiger partial charge in [-0.1, -0.05) is 46.3 Å². The van der Waals surface area contributed by atoms with Gasteiger partial charge in [0.1, 0.15) is 32.5 Å². The Kier molecular flexibility index (Phi) is 11.5. The van der Waals surface area contributed by atoms with Crippen molar-refractivity contribution < 1.29 is 41.6 Å². The van der Waals surface area contributed by atoms with Gasteiger partial charge in [-0.05, 0) is 35.5 Å². The van der Waals surface area contributed by atoms with Gasteiger partial charge in [0.05, 0.1) is 24.5 Å². The molecule has 0 unspecified atom stereocenters. The number of hydrogen-bond donors (Lipinski definition) is 0. The topological polar surface area (TPSA) is 55.4 Å². The lowest BCUT2D eigenvalue weighted by Gasteiger charge is -2.42. The first-order chi connectivity index (χ1) is 17.3. The molecule has 0 aromatic heterocycles. The Morgan fingerprint density at radius 2 is 1.30 bits per heavy atom. The molecule has 0 amide bonds. The van der Waals surface area contributed by atoms with Crippen molar-refractivity contribution in [3.8, 4) is 5.75 Å². The van der Waals surface area contributed by atoms with Crippen LogP contribution in [0.4, 0.5) is 13.2 Å². The molecule has 0 saturated carbocycles. The third-order valence-electron chi connectivity index (χ3n) is 6.89. The Morgan fingerprint density at radius 3 is 1.73 bits per heavy atom. The van der Waals surface area contributed by atoms with Crippen LogP contribution in [-0.4, -0.2) is 41.0 Å². The number of rotatable bonds is 14. The van der Waals surface area contributed by atoms with Crippen molar-refractivity contribution in [2.75, 3.05) is 41.0 Å². The van der Waals surface area contributed by atoms with E-state index < -0.39 is 11.7 Å². The molecule has 0 bridgehead atoms. The SMILES string of the molecule is COCOCc1cc(C(F)(F)F)cc(COCOC)c1OCCOC1=CC=C(C(C)(C)C(C)(C)C)CC1. The number of ether oxygens (including phenoxy) is 6. The lowest BCUT2D eigenvalue weighted by Crippen LogP contribution is -2.32. The molecule has 0 fully saturated rings. The summed E-state index contributed by atoms with van der Waals surface area (Å²) in [5.74, 6) is 1.13. The minimum Gasteiger partial charge on any atom is -0.494 e. The summed E-state index contributed by atoms with van der Waals surface area (Å²) in [4.78, 5) is 0. The first-order valence-corrected chi connectivity index (χ1v) is 12.3. The van der Waals surface area contributed by atoms with Crippen molar-refractivity contribution in [3.05, 3.63) is 52.3 Å². The summed E-state index contributed by atoms with van der Waals surface area (Å²) in [5.41, 5.74) is 1.26. The Morgan fingerprint density at radius 1 is 0.757 bits per heavy atom. The molecule has 2 rings (SSSR count). The molecule has 1 aromatic carbocycles. The predicted octanol–water partition coefficient (Wildman–Crippen LogP) is 7.02. The quantitative estimate of drug-likeness (QED) is 0.190. The molecule has 0 radical (unpaired) electrons. The van der Waals surface area contributed by atoms with Gasteiger partial charge in [0.25, 0.3) is 0 Å². The van der Waals surface area contributed by atoms with E-state index in [9.17, 15) is 13.2 Å². The highest BCUT2D eigenvalue weighted by atomic mass is 19.4. The fourth-order valence-corrected chi connectivity index (χ4v) is 3.85. The third kappa shape index (κ3) is 9.02. The monoisotopic (exact) mass is 530 g/mol. The summed E-state index contributed by atoms with van der Waals surface area (Å²) in [6, 6.07) is 2.05. The molecule has 0 N–H and O–H groups in total. The molecule has 6 nitrogen and oxygen atoms in total. The lowest BCUT2D eigenvalue weighted by molar-refractivity contribution is -0.137. The third-order valence-corrected chi connectivity index (χ3v) is 6.89. The van der Waals surface area contributed by atoms with Crippen LogP contribution in [0, 0.1) is 10.8 Å². The Hall–Kier alpha value is -2.07. The normalized spacial score (nSPS) is 14.9. The highest BCUT2D eigenvalue weighted by Crippen LogP contribution is 2.46. The first kappa shape index (κ1) is 31.1. The van der Waals surface area contributed by atoms with Gasteiger partial charge >= 0.3 is 6.18 Å². The molecule has 210 valence electrons. The zero-order chi connectivity index (χ0) is 27.7. The van der Waals surface area contributed by atoms with Gasteiger partial charge in [0, 0.05) is 31.8 Å². The molecular formula is C28H41F3O6. The highest BCUT2D eigenvalue weighted by Gasteiger charge is 2.36. The van der Waals surface area contributed by atoms with Crippen molar-refractivity contribution in [2.24, 2.45) is 10.8 Å². The van der Waals surface area contributed by atoms with Gasteiger partial charge in [0.2, 0.25) is 0 Å². The van der Waals surface area contributed by atoms with Gasteiger partial charge in [-0.3, -0.25) is 0 Å². The van der Waals surface area contributed by atoms with Gasteiger partial charge in [0.15, 0.2) is 0 Å². The molecule has 37 heavy (non-hydrogen) atoms. The van der Waals surface area contributed by atoms with E-state index >= 15 is 0 Å². The minimum absolute atomic E-state index is 0.0588. The van der Waals surface area contributed by atoms with Crippen LogP contribution in [0.2, 0.25) is 0 Å². The van der Waals surface area contributed by atoms with Crippen molar-refractivity contribution in [3.63, 3.8) is 0 Å². The second-order valence-electron chi connectivity index (χ2n) is 10.5. The smallest absolute Gasteiger partial charge is 0.416 e. The molecule has 1 aliphatic rings. The van der Waals surface area contributed by atoms with Crippen molar-refractivity contribution in [1.82, 2.24) is 0 Å². The van der Waals surface area contributed by atoms with Crippen LogP contribution in [0.25, 0.3) is 0 Å². The second kappa shape index (κ2) is 13.6. The summed E-state index contributed by atoms with van der Waals surface area (Å²) in [6.07, 6.45) is 1.31. The molecular weight excluding hydrogens is 489 g/mol. The lowest BCUT2D eigenvalue weighted by atomic mass is 9.63. The van der Waals surface area contributed by atoms with Gasteiger partial charge in [-0.25, -0.2) is 0 Å². The number of benzene rings is 1. The highest BCUT2D eigenvalue weighted by molar-refractivity contribution is 5.45. The molecule has 0 aliphatic heterocycles. The molecule has 0 heterocycles. The Labute approximate surface area is 218 Å². The maximum Gasteiger partial charge on any atom is 0.416 e. The average molecular weight is 531 g/mol. The number of alkyl halides is 3. The fourth-order valence-electron chi connectivity index (χ4n) is 3.85. The summed E-state index contributed by atoms with van der Waals surface area (Å²) in [6.45, 7) is 11.3. The maximum atomic E-state index is 13.5. The standard InChI is InChI=1S/C28H41F3O6/c1-26(2,3)27(4,5)22-8-10-24(11-9-22)36-12-13-37-25-20(16-34-18-32-6)14-23(28(29,30)31)15-21(25)17-35-19-33-7/h8,10,14-15H,9,11-13,16-19H2,1-7H3. The van der Waals surface area contributed by atoms with Gasteiger partial charge < -0.3 is 28.4 Å². The van der Waals surface area contributed by atoms with E-state index in [1.54, 1.807) is 0 Å². The molecule has 0 atom stereocenters. The number of hydrogen-bond acceptors (Lipinski definition) is 6. The summed E-state index contributed by atoms with van der Waals surface area (Å²) in [5, 5.41) is 0. The molecule has 1 aliphatic carbocycles. The largest absolute Gasteiger partial charge is 0.494 e. The van der Waals surface area contributed by atoms with Crippen molar-refractivity contribution in [1.29, 1.82) is 0 Å². The van der Waals surface area contributed by atoms with E-state index in [0.29, 0.717) is 0 Å². The van der Waals surface area contributed by atoms with E-state index in [4.69, 9.17) is 28.4 Å². The summed E-state index contributed by atoms with van der Waals surface area (Å²) < 4.78 is 72.9. The number of methoxy groups -OCH3 is 2. The van der Waals surface area contributed by atoms with Crippen molar-refractivity contribution >= 4 is 0 Å². The van der Waals surface area contributed by atoms with Crippen LogP contribution in [0.3, 0.4) is 0 Å². The predicted molar refractivity (Wildman–Crippen MR) is 135 cm³/mol. The van der Waals surface area contributed by atoms with Crippen LogP contribution in [0.1, 0.15) is 64.2 Å². The minimum atomic E-state index is -4.53. The summed E-state index contributed by atoms with van der Waals surface area (Å²) >= 11 is 0. The van der Waals surface area contributed by atoms with E-state index in [1.807, 2.05) is 6.08 Å². The van der Waals surface area contributed by atoms with Crippen LogP contribution >= 0.6 is 0 Å². The zero-order valence-electron chi connectivity index (χ0n) is 23.0.